The molecule has 7 heteroatoms. The zero-order chi connectivity index (χ0) is 19.6. The van der Waals surface area contributed by atoms with Crippen LogP contribution >= 0.6 is 11.3 Å². The van der Waals surface area contributed by atoms with E-state index in [4.69, 9.17) is 14.2 Å². The van der Waals surface area contributed by atoms with E-state index in [1.54, 1.807) is 5.38 Å². The van der Waals surface area contributed by atoms with Gasteiger partial charge in [-0.05, 0) is 41.8 Å². The summed E-state index contributed by atoms with van der Waals surface area (Å²) < 4.78 is 16.7. The van der Waals surface area contributed by atoms with Gasteiger partial charge in [0, 0.05) is 23.9 Å². The van der Waals surface area contributed by atoms with Crippen LogP contribution in [0.4, 0.5) is 0 Å². The van der Waals surface area contributed by atoms with Gasteiger partial charge in [0.05, 0.1) is 6.61 Å². The van der Waals surface area contributed by atoms with Gasteiger partial charge in [0.25, 0.3) is 5.91 Å². The molecule has 1 amide bonds. The Labute approximate surface area is 172 Å². The number of aromatic nitrogens is 1. The topological polar surface area (TPSA) is 69.7 Å². The van der Waals surface area contributed by atoms with Crippen molar-refractivity contribution >= 4 is 17.2 Å². The van der Waals surface area contributed by atoms with Gasteiger partial charge < -0.3 is 19.5 Å². The molecule has 0 fully saturated rings. The minimum atomic E-state index is -0.158. The fourth-order valence-corrected chi connectivity index (χ4v) is 4.29. The normalized spacial score (nSPS) is 14.2. The zero-order valence-electron chi connectivity index (χ0n) is 15.8. The fourth-order valence-electron chi connectivity index (χ4n) is 3.49. The van der Waals surface area contributed by atoms with E-state index in [-0.39, 0.29) is 5.91 Å². The van der Waals surface area contributed by atoms with Gasteiger partial charge in [-0.25, -0.2) is 4.98 Å². The number of rotatable bonds is 5. The highest BCUT2D eigenvalue weighted by Gasteiger charge is 2.16. The van der Waals surface area contributed by atoms with Crippen LogP contribution in [0.1, 0.15) is 21.6 Å². The zero-order valence-corrected chi connectivity index (χ0v) is 16.6. The Bertz CT molecular complexity index is 1060. The van der Waals surface area contributed by atoms with E-state index in [0.717, 1.165) is 47.3 Å². The molecule has 2 aromatic carbocycles. The number of hydrogen-bond donors (Lipinski definition) is 1. The van der Waals surface area contributed by atoms with Gasteiger partial charge in [-0.3, -0.25) is 4.79 Å². The molecule has 29 heavy (non-hydrogen) atoms. The lowest BCUT2D eigenvalue weighted by Crippen LogP contribution is -2.26. The van der Waals surface area contributed by atoms with Crippen LogP contribution < -0.4 is 19.5 Å². The fraction of sp³-hybridized carbons (Fsp3) is 0.273. The maximum atomic E-state index is 12.5. The first-order valence-electron chi connectivity index (χ1n) is 9.64. The number of carbonyl (C=O) groups is 1. The molecule has 0 atom stereocenters. The molecule has 3 aromatic rings. The summed E-state index contributed by atoms with van der Waals surface area (Å²) in [4.78, 5) is 17.0. The monoisotopic (exact) mass is 408 g/mol. The molecule has 3 heterocycles. The van der Waals surface area contributed by atoms with E-state index < -0.39 is 0 Å². The second-order valence-electron chi connectivity index (χ2n) is 6.94. The Morgan fingerprint density at radius 2 is 1.83 bits per heavy atom. The molecule has 5 rings (SSSR count). The van der Waals surface area contributed by atoms with E-state index in [9.17, 15) is 4.79 Å². The number of amides is 1. The van der Waals surface area contributed by atoms with Crippen LogP contribution in [-0.4, -0.2) is 37.3 Å². The van der Waals surface area contributed by atoms with Crippen molar-refractivity contribution in [2.24, 2.45) is 0 Å². The Morgan fingerprint density at radius 1 is 1.00 bits per heavy atom. The molecular weight excluding hydrogens is 388 g/mol. The standard InChI is InChI=1S/C22H20N2O4S/c25-21(23-7-5-14-1-3-18-15(11-14)6-8-26-18)17-13-29-22(24-17)16-2-4-19-20(12-16)28-10-9-27-19/h1-4,11-13H,5-10H2,(H,23,25). The SMILES string of the molecule is O=C(NCCc1ccc2c(c1)CCO2)c1csc(-c2ccc3c(c2)OCCO3)n1. The maximum absolute atomic E-state index is 12.5. The molecule has 0 unspecified atom stereocenters. The number of hydrogen-bond acceptors (Lipinski definition) is 6. The van der Waals surface area contributed by atoms with Gasteiger partial charge in [-0.15, -0.1) is 11.3 Å². The average molecular weight is 408 g/mol. The first kappa shape index (κ1) is 18.0. The molecular formula is C22H20N2O4S. The van der Waals surface area contributed by atoms with Gasteiger partial charge in [-0.2, -0.15) is 0 Å². The second kappa shape index (κ2) is 7.75. The third kappa shape index (κ3) is 3.78. The smallest absolute Gasteiger partial charge is 0.270 e. The molecule has 1 N–H and O–H groups in total. The lowest BCUT2D eigenvalue weighted by Gasteiger charge is -2.18. The van der Waals surface area contributed by atoms with E-state index in [2.05, 4.69) is 22.4 Å². The van der Waals surface area contributed by atoms with Gasteiger partial charge in [0.2, 0.25) is 0 Å². The van der Waals surface area contributed by atoms with Crippen molar-refractivity contribution in [3.05, 3.63) is 58.6 Å². The molecule has 6 nitrogen and oxygen atoms in total. The highest BCUT2D eigenvalue weighted by Crippen LogP contribution is 2.35. The first-order valence-corrected chi connectivity index (χ1v) is 10.5. The van der Waals surface area contributed by atoms with Crippen molar-refractivity contribution < 1.29 is 19.0 Å². The van der Waals surface area contributed by atoms with Gasteiger partial charge >= 0.3 is 0 Å². The number of ether oxygens (including phenoxy) is 3. The largest absolute Gasteiger partial charge is 0.493 e. The molecule has 2 aliphatic heterocycles. The summed E-state index contributed by atoms with van der Waals surface area (Å²) in [6.45, 7) is 2.42. The third-order valence-corrected chi connectivity index (χ3v) is 5.87. The summed E-state index contributed by atoms with van der Waals surface area (Å²) >= 11 is 1.44. The minimum Gasteiger partial charge on any atom is -0.493 e. The highest BCUT2D eigenvalue weighted by molar-refractivity contribution is 7.13. The van der Waals surface area contributed by atoms with Crippen molar-refractivity contribution in [1.82, 2.24) is 10.3 Å². The van der Waals surface area contributed by atoms with E-state index in [1.807, 2.05) is 24.3 Å². The van der Waals surface area contributed by atoms with Crippen molar-refractivity contribution in [3.63, 3.8) is 0 Å². The average Bonchev–Trinajstić information content (AvgIpc) is 3.43. The lowest BCUT2D eigenvalue weighted by molar-refractivity contribution is 0.0950. The predicted octanol–water partition coefficient (Wildman–Crippen LogP) is 3.49. The van der Waals surface area contributed by atoms with Crippen molar-refractivity contribution in [1.29, 1.82) is 0 Å². The van der Waals surface area contributed by atoms with Crippen LogP contribution in [0.25, 0.3) is 10.6 Å². The molecule has 2 aliphatic rings. The molecule has 0 spiro atoms. The number of nitrogens with one attached hydrogen (secondary N) is 1. The van der Waals surface area contributed by atoms with Crippen molar-refractivity contribution in [2.75, 3.05) is 26.4 Å². The maximum Gasteiger partial charge on any atom is 0.270 e. The number of nitrogens with zero attached hydrogens (tertiary/aromatic N) is 1. The van der Waals surface area contributed by atoms with Crippen LogP contribution in [0.5, 0.6) is 17.2 Å². The molecule has 0 radical (unpaired) electrons. The van der Waals surface area contributed by atoms with Gasteiger partial charge in [0.15, 0.2) is 11.5 Å². The molecule has 0 saturated heterocycles. The summed E-state index contributed by atoms with van der Waals surface area (Å²) in [6.07, 6.45) is 1.73. The Kier molecular flexibility index (Phi) is 4.81. The minimum absolute atomic E-state index is 0.158. The summed E-state index contributed by atoms with van der Waals surface area (Å²) in [6, 6.07) is 12.0. The van der Waals surface area contributed by atoms with E-state index in [0.29, 0.717) is 25.5 Å². The predicted molar refractivity (Wildman–Crippen MR) is 110 cm³/mol. The van der Waals surface area contributed by atoms with Crippen LogP contribution in [0.2, 0.25) is 0 Å². The van der Waals surface area contributed by atoms with E-state index in [1.165, 1.54) is 22.5 Å². The number of fused-ring (bicyclic) bond motifs is 2. The Hall–Kier alpha value is -3.06. The van der Waals surface area contributed by atoms with Crippen molar-refractivity contribution in [3.8, 4) is 27.8 Å². The summed E-state index contributed by atoms with van der Waals surface area (Å²) in [7, 11) is 0. The Balaban J connectivity index is 1.21. The van der Waals surface area contributed by atoms with Crippen LogP contribution in [0.15, 0.2) is 41.8 Å². The van der Waals surface area contributed by atoms with Crippen LogP contribution in [0, 0.1) is 0 Å². The highest BCUT2D eigenvalue weighted by atomic mass is 32.1. The second-order valence-corrected chi connectivity index (χ2v) is 7.80. The molecule has 1 aromatic heterocycles. The lowest BCUT2D eigenvalue weighted by atomic mass is 10.1. The van der Waals surface area contributed by atoms with Crippen LogP contribution in [0.3, 0.4) is 0 Å². The van der Waals surface area contributed by atoms with E-state index >= 15 is 0 Å². The Morgan fingerprint density at radius 3 is 2.76 bits per heavy atom. The molecule has 0 aliphatic carbocycles. The number of benzene rings is 2. The van der Waals surface area contributed by atoms with Gasteiger partial charge in [0.1, 0.15) is 29.7 Å². The first-order chi connectivity index (χ1) is 14.3. The number of thiazole rings is 1. The molecule has 0 saturated carbocycles. The van der Waals surface area contributed by atoms with Crippen molar-refractivity contribution in [2.45, 2.75) is 12.8 Å². The van der Waals surface area contributed by atoms with Crippen LogP contribution in [-0.2, 0) is 12.8 Å². The molecule has 148 valence electrons. The molecule has 0 bridgehead atoms. The number of carbonyl (C=O) groups excluding carboxylic acids is 1. The summed E-state index contributed by atoms with van der Waals surface area (Å²) in [5.41, 5.74) is 3.79. The summed E-state index contributed by atoms with van der Waals surface area (Å²) in [5, 5.41) is 5.53. The van der Waals surface area contributed by atoms with Gasteiger partial charge in [-0.1, -0.05) is 12.1 Å². The quantitative estimate of drug-likeness (QED) is 0.700. The third-order valence-electron chi connectivity index (χ3n) is 4.98. The summed E-state index contributed by atoms with van der Waals surface area (Å²) in [5.74, 6) is 2.28.